The minimum Gasteiger partial charge on any atom is -0.375 e. The lowest BCUT2D eigenvalue weighted by molar-refractivity contribution is -0.00875. The first-order valence-electron chi connectivity index (χ1n) is 6.28. The van der Waals surface area contributed by atoms with Crippen molar-refractivity contribution >= 4 is 6.08 Å². The fraction of sp³-hybridized carbons (Fsp3) is 0.500. The predicted octanol–water partition coefficient (Wildman–Crippen LogP) is 2.16. The van der Waals surface area contributed by atoms with Gasteiger partial charge in [-0.2, -0.15) is 0 Å². The number of hydrogen-bond acceptors (Lipinski definition) is 3. The van der Waals surface area contributed by atoms with E-state index in [2.05, 4.69) is 22.0 Å². The van der Waals surface area contributed by atoms with Gasteiger partial charge >= 0.3 is 0 Å². The molecule has 3 saturated heterocycles. The molecular weight excluding hydrogens is 212 g/mol. The highest BCUT2D eigenvalue weighted by Gasteiger charge is 2.37. The molecule has 1 atom stereocenters. The van der Waals surface area contributed by atoms with Gasteiger partial charge in [0.1, 0.15) is 0 Å². The molecular formula is C14H18N2O. The van der Waals surface area contributed by atoms with Crippen LogP contribution in [-0.4, -0.2) is 36.2 Å². The van der Waals surface area contributed by atoms with E-state index in [4.69, 9.17) is 4.74 Å². The molecule has 17 heavy (non-hydrogen) atoms. The van der Waals surface area contributed by atoms with Crippen LogP contribution in [0.2, 0.25) is 0 Å². The molecule has 0 aliphatic carbocycles. The zero-order valence-electron chi connectivity index (χ0n) is 10.2. The standard InChI is InChI=1S/C14H18N2O/c1-17-14-12-4-7-16(8-5-12)13(14)9-11-3-2-6-15-10-11/h2-3,6,9-10,12,14H,4-5,7-8H2,1H3. The molecule has 4 rings (SSSR count). The Morgan fingerprint density at radius 3 is 2.88 bits per heavy atom. The van der Waals surface area contributed by atoms with Crippen LogP contribution in [0, 0.1) is 5.92 Å². The van der Waals surface area contributed by atoms with Crippen LogP contribution in [0.1, 0.15) is 18.4 Å². The third kappa shape index (κ3) is 1.95. The third-order valence-corrected chi connectivity index (χ3v) is 3.88. The van der Waals surface area contributed by atoms with Crippen molar-refractivity contribution in [1.82, 2.24) is 9.88 Å². The van der Waals surface area contributed by atoms with Gasteiger partial charge in [-0.05, 0) is 36.5 Å². The molecule has 3 aliphatic heterocycles. The average Bonchev–Trinajstić information content (AvgIpc) is 2.41. The lowest BCUT2D eigenvalue weighted by Gasteiger charge is -2.47. The SMILES string of the molecule is COC1C(=Cc2cccnc2)N2CCC1CC2. The Balaban J connectivity index is 1.92. The first-order chi connectivity index (χ1) is 8.38. The molecule has 1 unspecified atom stereocenters. The first kappa shape index (κ1) is 10.8. The summed E-state index contributed by atoms with van der Waals surface area (Å²) < 4.78 is 5.68. The van der Waals surface area contributed by atoms with Gasteiger partial charge in [0.15, 0.2) is 0 Å². The molecule has 3 heteroatoms. The molecule has 0 spiro atoms. The van der Waals surface area contributed by atoms with E-state index in [1.807, 2.05) is 25.6 Å². The highest BCUT2D eigenvalue weighted by molar-refractivity contribution is 5.53. The number of pyridine rings is 1. The number of methoxy groups -OCH3 is 1. The first-order valence-corrected chi connectivity index (χ1v) is 6.28. The van der Waals surface area contributed by atoms with Gasteiger partial charge in [0.2, 0.25) is 0 Å². The maximum atomic E-state index is 5.68. The van der Waals surface area contributed by atoms with Crippen LogP contribution in [0.15, 0.2) is 30.2 Å². The summed E-state index contributed by atoms with van der Waals surface area (Å²) in [6, 6.07) is 4.07. The smallest absolute Gasteiger partial charge is 0.0996 e. The van der Waals surface area contributed by atoms with Crippen LogP contribution >= 0.6 is 0 Å². The van der Waals surface area contributed by atoms with Crippen molar-refractivity contribution in [3.8, 4) is 0 Å². The van der Waals surface area contributed by atoms with E-state index in [-0.39, 0.29) is 6.10 Å². The van der Waals surface area contributed by atoms with Crippen LogP contribution in [0.4, 0.5) is 0 Å². The highest BCUT2D eigenvalue weighted by atomic mass is 16.5. The molecule has 3 nitrogen and oxygen atoms in total. The zero-order valence-corrected chi connectivity index (χ0v) is 10.2. The Bertz CT molecular complexity index is 407. The molecule has 2 bridgehead atoms. The summed E-state index contributed by atoms with van der Waals surface area (Å²) in [7, 11) is 1.82. The van der Waals surface area contributed by atoms with Gasteiger partial charge in [0.25, 0.3) is 0 Å². The molecule has 0 amide bonds. The number of hydrogen-bond donors (Lipinski definition) is 0. The number of rotatable bonds is 2. The molecule has 1 aromatic heterocycles. The van der Waals surface area contributed by atoms with Crippen LogP contribution in [0.5, 0.6) is 0 Å². The van der Waals surface area contributed by atoms with Crippen LogP contribution < -0.4 is 0 Å². The summed E-state index contributed by atoms with van der Waals surface area (Å²) in [5.74, 6) is 0.702. The van der Waals surface area contributed by atoms with E-state index in [0.717, 1.165) is 5.56 Å². The van der Waals surface area contributed by atoms with Crippen LogP contribution in [0.3, 0.4) is 0 Å². The Morgan fingerprint density at radius 1 is 1.41 bits per heavy atom. The second kappa shape index (κ2) is 4.49. The van der Waals surface area contributed by atoms with Crippen molar-refractivity contribution in [1.29, 1.82) is 0 Å². The number of piperidine rings is 3. The van der Waals surface area contributed by atoms with Gasteiger partial charge in [0.05, 0.1) is 6.10 Å². The summed E-state index contributed by atoms with van der Waals surface area (Å²) in [5.41, 5.74) is 2.50. The fourth-order valence-corrected chi connectivity index (χ4v) is 3.00. The van der Waals surface area contributed by atoms with E-state index in [0.29, 0.717) is 5.92 Å². The summed E-state index contributed by atoms with van der Waals surface area (Å²) >= 11 is 0. The second-order valence-corrected chi connectivity index (χ2v) is 4.84. The van der Waals surface area contributed by atoms with E-state index in [1.165, 1.54) is 31.6 Å². The van der Waals surface area contributed by atoms with Crippen molar-refractivity contribution < 1.29 is 4.74 Å². The number of ether oxygens (including phenoxy) is 1. The lowest BCUT2D eigenvalue weighted by atomic mass is 9.83. The van der Waals surface area contributed by atoms with Gasteiger partial charge in [-0.15, -0.1) is 0 Å². The predicted molar refractivity (Wildman–Crippen MR) is 67.3 cm³/mol. The van der Waals surface area contributed by atoms with Crippen molar-refractivity contribution in [2.24, 2.45) is 5.92 Å². The Morgan fingerprint density at radius 2 is 2.24 bits per heavy atom. The van der Waals surface area contributed by atoms with Gasteiger partial charge in [-0.3, -0.25) is 4.98 Å². The quantitative estimate of drug-likeness (QED) is 0.778. The normalized spacial score (nSPS) is 29.9. The molecule has 0 N–H and O–H groups in total. The maximum absolute atomic E-state index is 5.68. The van der Waals surface area contributed by atoms with E-state index in [9.17, 15) is 0 Å². The van der Waals surface area contributed by atoms with Crippen molar-refractivity contribution in [2.75, 3.05) is 20.2 Å². The third-order valence-electron chi connectivity index (χ3n) is 3.88. The van der Waals surface area contributed by atoms with Crippen molar-refractivity contribution in [3.63, 3.8) is 0 Å². The van der Waals surface area contributed by atoms with Gasteiger partial charge in [-0.25, -0.2) is 0 Å². The number of nitrogens with zero attached hydrogens (tertiary/aromatic N) is 2. The minimum atomic E-state index is 0.276. The molecule has 0 saturated carbocycles. The Labute approximate surface area is 102 Å². The monoisotopic (exact) mass is 230 g/mol. The van der Waals surface area contributed by atoms with E-state index in [1.54, 1.807) is 0 Å². The zero-order chi connectivity index (χ0) is 11.7. The number of fused-ring (bicyclic) bond motifs is 3. The van der Waals surface area contributed by atoms with Gasteiger partial charge in [0, 0.05) is 38.3 Å². The topological polar surface area (TPSA) is 25.4 Å². The van der Waals surface area contributed by atoms with E-state index < -0.39 is 0 Å². The van der Waals surface area contributed by atoms with Gasteiger partial charge < -0.3 is 9.64 Å². The van der Waals surface area contributed by atoms with E-state index >= 15 is 0 Å². The molecule has 3 aliphatic rings. The maximum Gasteiger partial charge on any atom is 0.0996 e. The summed E-state index contributed by atoms with van der Waals surface area (Å²) in [4.78, 5) is 6.62. The lowest BCUT2D eigenvalue weighted by Crippen LogP contribution is -2.49. The Hall–Kier alpha value is -1.35. The van der Waals surface area contributed by atoms with Crippen LogP contribution in [-0.2, 0) is 4.74 Å². The fourth-order valence-electron chi connectivity index (χ4n) is 3.00. The summed E-state index contributed by atoms with van der Waals surface area (Å²) in [6.07, 6.45) is 8.75. The average molecular weight is 230 g/mol. The number of aromatic nitrogens is 1. The molecule has 0 radical (unpaired) electrons. The van der Waals surface area contributed by atoms with Crippen molar-refractivity contribution in [2.45, 2.75) is 18.9 Å². The molecule has 0 aromatic carbocycles. The summed E-state index contributed by atoms with van der Waals surface area (Å²) in [5, 5.41) is 0. The largest absolute Gasteiger partial charge is 0.375 e. The minimum absolute atomic E-state index is 0.276. The molecule has 1 aromatic rings. The van der Waals surface area contributed by atoms with Gasteiger partial charge in [-0.1, -0.05) is 6.07 Å². The highest BCUT2D eigenvalue weighted by Crippen LogP contribution is 2.37. The van der Waals surface area contributed by atoms with Crippen LogP contribution in [0.25, 0.3) is 6.08 Å². The Kier molecular flexibility index (Phi) is 2.85. The second-order valence-electron chi connectivity index (χ2n) is 4.84. The molecule has 3 fully saturated rings. The summed E-state index contributed by atoms with van der Waals surface area (Å²) in [6.45, 7) is 2.35. The van der Waals surface area contributed by atoms with Crippen molar-refractivity contribution in [3.05, 3.63) is 35.8 Å². The molecule has 4 heterocycles. The molecule has 90 valence electrons.